The molecule has 3 rings (SSSR count). The van der Waals surface area contributed by atoms with Crippen LogP contribution < -0.4 is 15.8 Å². The highest BCUT2D eigenvalue weighted by Gasteiger charge is 2.26. The Morgan fingerprint density at radius 1 is 1.21 bits per heavy atom. The van der Waals surface area contributed by atoms with Crippen LogP contribution in [0.2, 0.25) is 0 Å². The number of aliphatic imine (C=N–C) groups is 1. The summed E-state index contributed by atoms with van der Waals surface area (Å²) in [5, 5.41) is 7.66. The van der Waals surface area contributed by atoms with Gasteiger partial charge in [-0.1, -0.05) is 13.8 Å². The van der Waals surface area contributed by atoms with E-state index in [1.165, 1.54) is 4.68 Å². The van der Waals surface area contributed by atoms with E-state index in [4.69, 9.17) is 9.98 Å². The van der Waals surface area contributed by atoms with Crippen molar-refractivity contribution in [2.75, 3.05) is 30.4 Å². The Kier molecular flexibility index (Phi) is 5.86. The lowest BCUT2D eigenvalue weighted by molar-refractivity contribution is 0.729. The SMILES string of the molecule is CCN(CC)c1ccc(N=C2C(C)=Nn3c2nc(C(C)C)c(C)c3=O)c(NC)c1. The number of rotatable bonds is 6. The van der Waals surface area contributed by atoms with Crippen molar-refractivity contribution in [3.05, 3.63) is 45.6 Å². The number of benzene rings is 1. The molecule has 0 amide bonds. The number of nitrogens with one attached hydrogen (secondary N) is 1. The molecular formula is C22H30N6O. The van der Waals surface area contributed by atoms with Gasteiger partial charge in [0.25, 0.3) is 5.56 Å². The molecule has 7 heteroatoms. The van der Waals surface area contributed by atoms with Crippen LogP contribution in [0.15, 0.2) is 33.1 Å². The molecule has 7 nitrogen and oxygen atoms in total. The molecule has 0 saturated heterocycles. The molecule has 0 spiro atoms. The first-order valence-corrected chi connectivity index (χ1v) is 10.2. The first-order valence-electron chi connectivity index (χ1n) is 10.2. The zero-order chi connectivity index (χ0) is 21.3. The quantitative estimate of drug-likeness (QED) is 0.806. The number of fused-ring (bicyclic) bond motifs is 1. The summed E-state index contributed by atoms with van der Waals surface area (Å²) in [4.78, 5) is 24.7. The van der Waals surface area contributed by atoms with E-state index in [2.05, 4.69) is 41.3 Å². The van der Waals surface area contributed by atoms with Gasteiger partial charge >= 0.3 is 0 Å². The van der Waals surface area contributed by atoms with E-state index in [0.717, 1.165) is 35.8 Å². The highest BCUT2D eigenvalue weighted by atomic mass is 16.1. The molecule has 0 aliphatic carbocycles. The van der Waals surface area contributed by atoms with Crippen LogP contribution in [0, 0.1) is 6.92 Å². The minimum Gasteiger partial charge on any atom is -0.386 e. The minimum absolute atomic E-state index is 0.131. The molecule has 1 aliphatic heterocycles. The monoisotopic (exact) mass is 394 g/mol. The van der Waals surface area contributed by atoms with Crippen molar-refractivity contribution in [3.63, 3.8) is 0 Å². The third-order valence-electron chi connectivity index (χ3n) is 5.29. The molecule has 29 heavy (non-hydrogen) atoms. The smallest absolute Gasteiger partial charge is 0.277 e. The lowest BCUT2D eigenvalue weighted by Gasteiger charge is -2.22. The molecule has 154 valence electrons. The fourth-order valence-corrected chi connectivity index (χ4v) is 3.64. The molecule has 0 fully saturated rings. The van der Waals surface area contributed by atoms with Crippen LogP contribution in [0.25, 0.3) is 0 Å². The number of nitrogens with zero attached hydrogens (tertiary/aromatic N) is 5. The van der Waals surface area contributed by atoms with Crippen molar-refractivity contribution in [1.29, 1.82) is 0 Å². The van der Waals surface area contributed by atoms with Gasteiger partial charge in [0, 0.05) is 31.4 Å². The Morgan fingerprint density at radius 2 is 1.90 bits per heavy atom. The van der Waals surface area contributed by atoms with Gasteiger partial charge in [-0.2, -0.15) is 9.78 Å². The van der Waals surface area contributed by atoms with Crippen LogP contribution in [-0.2, 0) is 0 Å². The zero-order valence-corrected chi connectivity index (χ0v) is 18.4. The van der Waals surface area contributed by atoms with E-state index >= 15 is 0 Å². The van der Waals surface area contributed by atoms with Crippen LogP contribution in [0.4, 0.5) is 17.1 Å². The van der Waals surface area contributed by atoms with E-state index in [9.17, 15) is 4.79 Å². The summed E-state index contributed by atoms with van der Waals surface area (Å²) >= 11 is 0. The lowest BCUT2D eigenvalue weighted by atomic mass is 10.1. The van der Waals surface area contributed by atoms with Gasteiger partial charge in [-0.15, -0.1) is 0 Å². The van der Waals surface area contributed by atoms with Crippen molar-refractivity contribution in [2.24, 2.45) is 10.1 Å². The molecule has 1 aromatic heterocycles. The summed E-state index contributed by atoms with van der Waals surface area (Å²) in [6, 6.07) is 6.17. The van der Waals surface area contributed by atoms with Crippen LogP contribution in [-0.4, -0.2) is 41.2 Å². The van der Waals surface area contributed by atoms with Gasteiger partial charge in [0.05, 0.1) is 22.8 Å². The van der Waals surface area contributed by atoms with E-state index in [-0.39, 0.29) is 11.5 Å². The van der Waals surface area contributed by atoms with Crippen molar-refractivity contribution in [2.45, 2.75) is 47.5 Å². The number of anilines is 2. The maximum Gasteiger partial charge on any atom is 0.277 e. The van der Waals surface area contributed by atoms with Gasteiger partial charge < -0.3 is 10.2 Å². The summed E-state index contributed by atoms with van der Waals surface area (Å²) < 4.78 is 1.37. The van der Waals surface area contributed by atoms with E-state index < -0.39 is 0 Å². The normalized spacial score (nSPS) is 14.3. The average Bonchev–Trinajstić information content (AvgIpc) is 3.02. The maximum atomic E-state index is 12.8. The number of hydrogen-bond donors (Lipinski definition) is 1. The van der Waals surface area contributed by atoms with Gasteiger partial charge in [0.15, 0.2) is 5.82 Å². The number of hydrogen-bond acceptors (Lipinski definition) is 6. The van der Waals surface area contributed by atoms with Gasteiger partial charge in [0.2, 0.25) is 0 Å². The van der Waals surface area contributed by atoms with Crippen molar-refractivity contribution < 1.29 is 0 Å². The predicted molar refractivity (Wildman–Crippen MR) is 122 cm³/mol. The predicted octanol–water partition coefficient (Wildman–Crippen LogP) is 3.92. The molecular weight excluding hydrogens is 364 g/mol. The van der Waals surface area contributed by atoms with Crippen molar-refractivity contribution in [1.82, 2.24) is 9.66 Å². The Morgan fingerprint density at radius 3 is 2.48 bits per heavy atom. The highest BCUT2D eigenvalue weighted by Crippen LogP contribution is 2.31. The Hall–Kier alpha value is -2.96. The van der Waals surface area contributed by atoms with Gasteiger partial charge in [-0.3, -0.25) is 4.79 Å². The van der Waals surface area contributed by atoms with E-state index in [0.29, 0.717) is 22.8 Å². The van der Waals surface area contributed by atoms with Crippen molar-refractivity contribution in [3.8, 4) is 0 Å². The molecule has 2 aromatic rings. The van der Waals surface area contributed by atoms with Crippen LogP contribution in [0.5, 0.6) is 0 Å². The summed E-state index contributed by atoms with van der Waals surface area (Å²) in [5.74, 6) is 0.661. The molecule has 1 aliphatic rings. The standard InChI is InChI=1S/C22H30N6O/c1-8-27(9-2)16-10-11-17(18(12-16)23-7)24-20-15(6)26-28-21(20)25-19(13(3)4)14(5)22(28)29/h10-13,23H,8-9H2,1-7H3. The molecule has 0 bridgehead atoms. The number of aromatic nitrogens is 2. The largest absolute Gasteiger partial charge is 0.386 e. The third-order valence-corrected chi connectivity index (χ3v) is 5.29. The maximum absolute atomic E-state index is 12.8. The molecule has 1 N–H and O–H groups in total. The van der Waals surface area contributed by atoms with Gasteiger partial charge in [-0.05, 0) is 51.8 Å². The second-order valence-corrected chi connectivity index (χ2v) is 7.49. The lowest BCUT2D eigenvalue weighted by Crippen LogP contribution is -2.26. The minimum atomic E-state index is -0.131. The van der Waals surface area contributed by atoms with Crippen LogP contribution in [0.3, 0.4) is 0 Å². The Labute approximate surface area is 172 Å². The molecule has 1 aromatic carbocycles. The molecule has 0 atom stereocenters. The van der Waals surface area contributed by atoms with Crippen molar-refractivity contribution >= 4 is 28.5 Å². The Balaban J connectivity index is 2.14. The zero-order valence-electron chi connectivity index (χ0n) is 18.4. The molecule has 0 radical (unpaired) electrons. The van der Waals surface area contributed by atoms with Gasteiger partial charge in [0.1, 0.15) is 5.71 Å². The Bertz CT molecular complexity index is 1040. The first kappa shape index (κ1) is 20.8. The van der Waals surface area contributed by atoms with E-state index in [1.54, 1.807) is 0 Å². The summed E-state index contributed by atoms with van der Waals surface area (Å²) in [6.07, 6.45) is 0. The third kappa shape index (κ3) is 3.69. The summed E-state index contributed by atoms with van der Waals surface area (Å²) in [6.45, 7) is 13.9. The molecule has 0 unspecified atom stereocenters. The first-order chi connectivity index (χ1) is 13.8. The average molecular weight is 395 g/mol. The summed E-state index contributed by atoms with van der Waals surface area (Å²) in [7, 11) is 1.89. The van der Waals surface area contributed by atoms with Crippen LogP contribution in [0.1, 0.15) is 57.6 Å². The molecule has 0 saturated carbocycles. The topological polar surface area (TPSA) is 74.9 Å². The fourth-order valence-electron chi connectivity index (χ4n) is 3.64. The fraction of sp³-hybridized carbons (Fsp3) is 0.455. The highest BCUT2D eigenvalue weighted by molar-refractivity contribution is 6.48. The second-order valence-electron chi connectivity index (χ2n) is 7.49. The van der Waals surface area contributed by atoms with Crippen LogP contribution >= 0.6 is 0 Å². The second kappa shape index (κ2) is 8.19. The summed E-state index contributed by atoms with van der Waals surface area (Å²) in [5.41, 5.74) is 5.49. The molecule has 2 heterocycles. The van der Waals surface area contributed by atoms with E-state index in [1.807, 2.05) is 40.8 Å². The van der Waals surface area contributed by atoms with Gasteiger partial charge in [-0.25, -0.2) is 9.98 Å².